The van der Waals surface area contributed by atoms with Gasteiger partial charge in [-0.2, -0.15) is 5.10 Å². The Kier molecular flexibility index (Phi) is 4.93. The van der Waals surface area contributed by atoms with E-state index in [1.165, 1.54) is 0 Å². The molecule has 0 radical (unpaired) electrons. The van der Waals surface area contributed by atoms with Gasteiger partial charge in [-0.3, -0.25) is 9.59 Å². The maximum atomic E-state index is 12.1. The van der Waals surface area contributed by atoms with Crippen LogP contribution in [0.1, 0.15) is 41.3 Å². The Morgan fingerprint density at radius 1 is 0.960 bits per heavy atom. The van der Waals surface area contributed by atoms with Gasteiger partial charge in [-0.05, 0) is 56.5 Å². The molecule has 5 nitrogen and oxygen atoms in total. The molecule has 0 unspecified atom stereocenters. The van der Waals surface area contributed by atoms with Gasteiger partial charge in [-0.1, -0.05) is 29.8 Å². The first kappa shape index (κ1) is 16.9. The van der Waals surface area contributed by atoms with E-state index in [0.717, 1.165) is 29.7 Å². The Labute approximate surface area is 147 Å². The largest absolute Gasteiger partial charge is 0.326 e. The number of carbonyl (C=O) groups is 2. The molecular formula is C20H21N3O2. The molecule has 1 aliphatic rings. The standard InChI is InChI=1S/C20H21N3O2/c1-13-3-5-17(6-4-13)20(25)23-22-14(2)15-9-11-18(12-10-15)21-19(24)16-7-8-16/h3-6,9-12,16H,7-8H2,1-2H3,(H,21,24)(H,23,25). The van der Waals surface area contributed by atoms with Crippen LogP contribution < -0.4 is 10.7 Å². The smallest absolute Gasteiger partial charge is 0.271 e. The molecule has 3 rings (SSSR count). The molecule has 1 saturated carbocycles. The summed E-state index contributed by atoms with van der Waals surface area (Å²) in [5.74, 6) is 0.0242. The number of hydrazone groups is 1. The molecule has 2 aromatic carbocycles. The lowest BCUT2D eigenvalue weighted by atomic mass is 10.1. The van der Waals surface area contributed by atoms with Gasteiger partial charge in [0, 0.05) is 17.2 Å². The Morgan fingerprint density at radius 3 is 2.16 bits per heavy atom. The fraction of sp³-hybridized carbons (Fsp3) is 0.250. The van der Waals surface area contributed by atoms with E-state index in [1.54, 1.807) is 12.1 Å². The first-order chi connectivity index (χ1) is 12.0. The Bertz CT molecular complexity index is 804. The third kappa shape index (κ3) is 4.53. The zero-order chi connectivity index (χ0) is 17.8. The lowest BCUT2D eigenvalue weighted by molar-refractivity contribution is -0.117. The maximum Gasteiger partial charge on any atom is 0.271 e. The summed E-state index contributed by atoms with van der Waals surface area (Å²) in [4.78, 5) is 23.8. The van der Waals surface area contributed by atoms with Gasteiger partial charge in [0.25, 0.3) is 5.91 Å². The summed E-state index contributed by atoms with van der Waals surface area (Å²) in [5, 5.41) is 7.05. The highest BCUT2D eigenvalue weighted by atomic mass is 16.2. The van der Waals surface area contributed by atoms with Gasteiger partial charge in [0.05, 0.1) is 5.71 Å². The van der Waals surface area contributed by atoms with Crippen LogP contribution in [0.2, 0.25) is 0 Å². The molecule has 0 aliphatic heterocycles. The molecular weight excluding hydrogens is 314 g/mol. The summed E-state index contributed by atoms with van der Waals surface area (Å²) in [5.41, 5.74) is 6.59. The molecule has 1 aliphatic carbocycles. The number of hydrogen-bond acceptors (Lipinski definition) is 3. The van der Waals surface area contributed by atoms with E-state index in [-0.39, 0.29) is 17.7 Å². The molecule has 128 valence electrons. The van der Waals surface area contributed by atoms with Crippen molar-refractivity contribution < 1.29 is 9.59 Å². The third-order valence-electron chi connectivity index (χ3n) is 4.16. The summed E-state index contributed by atoms with van der Waals surface area (Å²) in [6.07, 6.45) is 1.97. The lowest BCUT2D eigenvalue weighted by Gasteiger charge is -2.06. The van der Waals surface area contributed by atoms with Crippen LogP contribution in [0.5, 0.6) is 0 Å². The quantitative estimate of drug-likeness (QED) is 0.648. The van der Waals surface area contributed by atoms with E-state index in [0.29, 0.717) is 11.3 Å². The minimum atomic E-state index is -0.243. The number of hydrogen-bond donors (Lipinski definition) is 2. The summed E-state index contributed by atoms with van der Waals surface area (Å²) in [6, 6.07) is 14.8. The van der Waals surface area contributed by atoms with Crippen LogP contribution in [-0.4, -0.2) is 17.5 Å². The second kappa shape index (κ2) is 7.30. The number of rotatable bonds is 5. The normalized spacial score (nSPS) is 14.1. The maximum absolute atomic E-state index is 12.1. The fourth-order valence-corrected chi connectivity index (χ4v) is 2.35. The minimum Gasteiger partial charge on any atom is -0.326 e. The van der Waals surface area contributed by atoms with E-state index >= 15 is 0 Å². The highest BCUT2D eigenvalue weighted by Gasteiger charge is 2.29. The molecule has 0 atom stereocenters. The topological polar surface area (TPSA) is 70.6 Å². The number of benzene rings is 2. The van der Waals surface area contributed by atoms with Crippen LogP contribution in [0.15, 0.2) is 53.6 Å². The van der Waals surface area contributed by atoms with Gasteiger partial charge < -0.3 is 5.32 Å². The summed E-state index contributed by atoms with van der Waals surface area (Å²) < 4.78 is 0. The molecule has 5 heteroatoms. The number of nitrogens with zero attached hydrogens (tertiary/aromatic N) is 1. The van der Waals surface area contributed by atoms with Crippen LogP contribution in [0, 0.1) is 12.8 Å². The molecule has 0 aromatic heterocycles. The van der Waals surface area contributed by atoms with Crippen LogP contribution in [0.25, 0.3) is 0 Å². The zero-order valence-electron chi connectivity index (χ0n) is 14.4. The van der Waals surface area contributed by atoms with Crippen LogP contribution in [-0.2, 0) is 4.79 Å². The van der Waals surface area contributed by atoms with Crippen molar-refractivity contribution in [2.24, 2.45) is 11.0 Å². The van der Waals surface area contributed by atoms with E-state index in [2.05, 4.69) is 15.8 Å². The Morgan fingerprint density at radius 2 is 1.56 bits per heavy atom. The average molecular weight is 335 g/mol. The predicted molar refractivity (Wildman–Crippen MR) is 98.7 cm³/mol. The average Bonchev–Trinajstić information content (AvgIpc) is 3.46. The molecule has 2 N–H and O–H groups in total. The second-order valence-corrected chi connectivity index (χ2v) is 6.35. The first-order valence-corrected chi connectivity index (χ1v) is 8.35. The predicted octanol–water partition coefficient (Wildman–Crippen LogP) is 3.50. The lowest BCUT2D eigenvalue weighted by Crippen LogP contribution is -2.19. The Hall–Kier alpha value is -2.95. The van der Waals surface area contributed by atoms with Gasteiger partial charge in [0.2, 0.25) is 5.91 Å². The fourth-order valence-electron chi connectivity index (χ4n) is 2.35. The second-order valence-electron chi connectivity index (χ2n) is 6.35. The molecule has 1 fully saturated rings. The van der Waals surface area contributed by atoms with E-state index in [1.807, 2.05) is 50.2 Å². The van der Waals surface area contributed by atoms with Crippen molar-refractivity contribution in [3.8, 4) is 0 Å². The number of anilines is 1. The van der Waals surface area contributed by atoms with Crippen molar-refractivity contribution in [1.29, 1.82) is 0 Å². The summed E-state index contributed by atoms with van der Waals surface area (Å²) >= 11 is 0. The SMILES string of the molecule is CC(=NNC(=O)c1ccc(C)cc1)c1ccc(NC(=O)C2CC2)cc1. The van der Waals surface area contributed by atoms with E-state index in [4.69, 9.17) is 0 Å². The minimum absolute atomic E-state index is 0.0866. The van der Waals surface area contributed by atoms with E-state index < -0.39 is 0 Å². The van der Waals surface area contributed by atoms with Crippen LogP contribution in [0.3, 0.4) is 0 Å². The highest BCUT2D eigenvalue weighted by molar-refractivity contribution is 6.01. The van der Waals surface area contributed by atoms with Gasteiger partial charge >= 0.3 is 0 Å². The summed E-state index contributed by atoms with van der Waals surface area (Å²) in [7, 11) is 0. The number of aryl methyl sites for hydroxylation is 1. The third-order valence-corrected chi connectivity index (χ3v) is 4.16. The van der Waals surface area contributed by atoms with Crippen molar-refractivity contribution in [3.05, 3.63) is 65.2 Å². The number of nitrogens with one attached hydrogen (secondary N) is 2. The van der Waals surface area contributed by atoms with Crippen LogP contribution in [0.4, 0.5) is 5.69 Å². The number of carbonyl (C=O) groups excluding carboxylic acids is 2. The van der Waals surface area contributed by atoms with Crippen LogP contribution >= 0.6 is 0 Å². The Balaban J connectivity index is 1.60. The van der Waals surface area contributed by atoms with Crippen molar-refractivity contribution in [3.63, 3.8) is 0 Å². The molecule has 2 amide bonds. The van der Waals surface area contributed by atoms with Gasteiger partial charge in [-0.15, -0.1) is 0 Å². The van der Waals surface area contributed by atoms with E-state index in [9.17, 15) is 9.59 Å². The molecule has 0 saturated heterocycles. The zero-order valence-corrected chi connectivity index (χ0v) is 14.4. The number of amides is 2. The molecule has 0 spiro atoms. The van der Waals surface area contributed by atoms with Crippen molar-refractivity contribution in [1.82, 2.24) is 5.43 Å². The van der Waals surface area contributed by atoms with Crippen molar-refractivity contribution >= 4 is 23.2 Å². The highest BCUT2D eigenvalue weighted by Crippen LogP contribution is 2.30. The molecule has 0 heterocycles. The van der Waals surface area contributed by atoms with Crippen molar-refractivity contribution in [2.45, 2.75) is 26.7 Å². The monoisotopic (exact) mass is 335 g/mol. The van der Waals surface area contributed by atoms with Gasteiger partial charge in [0.15, 0.2) is 0 Å². The van der Waals surface area contributed by atoms with Gasteiger partial charge in [-0.25, -0.2) is 5.43 Å². The molecule has 0 bridgehead atoms. The molecule has 25 heavy (non-hydrogen) atoms. The molecule has 2 aromatic rings. The summed E-state index contributed by atoms with van der Waals surface area (Å²) in [6.45, 7) is 3.80. The van der Waals surface area contributed by atoms with Crippen molar-refractivity contribution in [2.75, 3.05) is 5.32 Å². The first-order valence-electron chi connectivity index (χ1n) is 8.35. The van der Waals surface area contributed by atoms with Gasteiger partial charge in [0.1, 0.15) is 0 Å².